The molecule has 2 aromatic carbocycles. The zero-order valence-corrected chi connectivity index (χ0v) is 16.9. The minimum Gasteiger partial charge on any atom is -0.452 e. The summed E-state index contributed by atoms with van der Waals surface area (Å²) in [6.07, 6.45) is 3.55. The van der Waals surface area contributed by atoms with Crippen LogP contribution in [0.3, 0.4) is 0 Å². The fourth-order valence-electron chi connectivity index (χ4n) is 3.80. The van der Waals surface area contributed by atoms with Crippen molar-refractivity contribution in [3.05, 3.63) is 53.9 Å². The van der Waals surface area contributed by atoms with E-state index in [1.54, 1.807) is 24.3 Å². The summed E-state index contributed by atoms with van der Waals surface area (Å²) in [4.78, 5) is 18.8. The van der Waals surface area contributed by atoms with Crippen LogP contribution in [0.15, 0.2) is 56.2 Å². The number of amidine groups is 1. The first-order valence-corrected chi connectivity index (χ1v) is 11.2. The van der Waals surface area contributed by atoms with Crippen LogP contribution in [0.1, 0.15) is 41.9 Å². The number of carbonyl (C=O) groups is 1. The molecule has 3 aromatic rings. The maximum absolute atomic E-state index is 12.7. The van der Waals surface area contributed by atoms with Gasteiger partial charge in [0.1, 0.15) is 16.2 Å². The van der Waals surface area contributed by atoms with E-state index in [-0.39, 0.29) is 23.0 Å². The highest BCUT2D eigenvalue weighted by molar-refractivity contribution is 7.90. The lowest BCUT2D eigenvalue weighted by Gasteiger charge is -2.29. The minimum absolute atomic E-state index is 0.0319. The van der Waals surface area contributed by atoms with Crippen molar-refractivity contribution >= 4 is 38.6 Å². The summed E-state index contributed by atoms with van der Waals surface area (Å²) in [6, 6.07) is 11.8. The van der Waals surface area contributed by atoms with E-state index in [0.717, 1.165) is 19.3 Å². The fourth-order valence-corrected chi connectivity index (χ4v) is 5.08. The Hall–Kier alpha value is -3.20. The lowest BCUT2D eigenvalue weighted by molar-refractivity contribution is 0.0440. The Morgan fingerprint density at radius 1 is 1.13 bits per heavy atom. The van der Waals surface area contributed by atoms with Crippen LogP contribution in [-0.4, -0.2) is 31.8 Å². The number of ether oxygens (including phenoxy) is 1. The van der Waals surface area contributed by atoms with E-state index in [4.69, 9.17) is 9.15 Å². The number of carbonyl (C=O) groups excluding carboxylic acids is 1. The topological polar surface area (TPSA) is 102 Å². The van der Waals surface area contributed by atoms with Crippen molar-refractivity contribution in [3.8, 4) is 0 Å². The van der Waals surface area contributed by atoms with Gasteiger partial charge in [0.05, 0.1) is 11.3 Å². The largest absolute Gasteiger partial charge is 0.452 e. The van der Waals surface area contributed by atoms with Crippen LogP contribution < -0.4 is 4.90 Å². The standard InChI is InChI=1S/C21H19N3O5S/c25-21(28-13-20-22-15-6-3-4-7-17(15)29-20)14-9-10-16-18(12-14)30(26,27)23-19-8-2-1-5-11-24(16)19/h3-4,6-7,9-10,12H,1-2,5,8,11,13H2. The number of sulfonamides is 1. The number of para-hydroxylation sites is 2. The Balaban J connectivity index is 1.39. The van der Waals surface area contributed by atoms with E-state index in [0.29, 0.717) is 35.6 Å². The zero-order chi connectivity index (χ0) is 20.7. The van der Waals surface area contributed by atoms with E-state index in [2.05, 4.69) is 9.38 Å². The molecule has 0 spiro atoms. The van der Waals surface area contributed by atoms with Gasteiger partial charge in [0.2, 0.25) is 5.89 Å². The lowest BCUT2D eigenvalue weighted by Crippen LogP contribution is -2.35. The lowest BCUT2D eigenvalue weighted by atomic mass is 10.2. The Morgan fingerprint density at radius 2 is 2.00 bits per heavy atom. The molecule has 0 saturated carbocycles. The summed E-state index contributed by atoms with van der Waals surface area (Å²) in [5, 5.41) is 0. The van der Waals surface area contributed by atoms with E-state index in [1.165, 1.54) is 6.07 Å². The fraction of sp³-hybridized carbons (Fsp3) is 0.286. The van der Waals surface area contributed by atoms with Crippen molar-refractivity contribution in [2.75, 3.05) is 11.4 Å². The molecule has 0 atom stereocenters. The van der Waals surface area contributed by atoms with Gasteiger partial charge < -0.3 is 14.1 Å². The number of benzene rings is 2. The maximum atomic E-state index is 12.7. The molecular weight excluding hydrogens is 406 g/mol. The van der Waals surface area contributed by atoms with Crippen molar-refractivity contribution in [2.24, 2.45) is 4.40 Å². The van der Waals surface area contributed by atoms with Crippen LogP contribution in [0.25, 0.3) is 11.1 Å². The predicted octanol–water partition coefficient (Wildman–Crippen LogP) is 3.67. The molecule has 2 aliphatic heterocycles. The molecule has 0 bridgehead atoms. The Kier molecular flexibility index (Phi) is 4.54. The molecule has 0 amide bonds. The molecule has 1 saturated heterocycles. The van der Waals surface area contributed by atoms with Gasteiger partial charge in [-0.2, -0.15) is 8.42 Å². The van der Waals surface area contributed by atoms with Gasteiger partial charge in [-0.1, -0.05) is 18.6 Å². The van der Waals surface area contributed by atoms with Gasteiger partial charge in [-0.25, -0.2) is 9.78 Å². The number of hydrogen-bond donors (Lipinski definition) is 0. The summed E-state index contributed by atoms with van der Waals surface area (Å²) in [7, 11) is -3.86. The Morgan fingerprint density at radius 3 is 2.87 bits per heavy atom. The third-order valence-corrected chi connectivity index (χ3v) is 6.58. The van der Waals surface area contributed by atoms with E-state index >= 15 is 0 Å². The second-order valence-corrected chi connectivity index (χ2v) is 8.85. The number of anilines is 1. The predicted molar refractivity (Wildman–Crippen MR) is 110 cm³/mol. The first-order chi connectivity index (χ1) is 14.5. The number of esters is 1. The first kappa shape index (κ1) is 18.8. The van der Waals surface area contributed by atoms with Crippen LogP contribution in [0.4, 0.5) is 5.69 Å². The van der Waals surface area contributed by atoms with Gasteiger partial charge in [0, 0.05) is 13.0 Å². The molecule has 9 heteroatoms. The molecule has 1 aromatic heterocycles. The van der Waals surface area contributed by atoms with Crippen LogP contribution >= 0.6 is 0 Å². The zero-order valence-electron chi connectivity index (χ0n) is 16.1. The molecule has 0 aliphatic carbocycles. The van der Waals surface area contributed by atoms with Crippen LogP contribution in [0.5, 0.6) is 0 Å². The summed E-state index contributed by atoms with van der Waals surface area (Å²) < 4.78 is 40.2. The van der Waals surface area contributed by atoms with E-state index in [9.17, 15) is 13.2 Å². The SMILES string of the molecule is O=C(OCc1nc2ccccc2o1)c1ccc2c(c1)S(=O)(=O)N=C1CCCCCN12. The molecule has 0 N–H and O–H groups in total. The average molecular weight is 425 g/mol. The number of nitrogens with zero attached hydrogens (tertiary/aromatic N) is 3. The van der Waals surface area contributed by atoms with E-state index < -0.39 is 16.0 Å². The summed E-state index contributed by atoms with van der Waals surface area (Å²) in [5.74, 6) is 0.195. The Labute approximate surface area is 173 Å². The molecule has 8 nitrogen and oxygen atoms in total. The van der Waals surface area contributed by atoms with E-state index in [1.807, 2.05) is 17.0 Å². The quantitative estimate of drug-likeness (QED) is 0.590. The number of hydrogen-bond acceptors (Lipinski definition) is 7. The van der Waals surface area contributed by atoms with Gasteiger partial charge in [0.15, 0.2) is 12.2 Å². The van der Waals surface area contributed by atoms with Crippen LogP contribution in [0.2, 0.25) is 0 Å². The van der Waals surface area contributed by atoms with Crippen molar-refractivity contribution in [1.29, 1.82) is 0 Å². The third kappa shape index (κ3) is 3.35. The van der Waals surface area contributed by atoms with Crippen molar-refractivity contribution in [3.63, 3.8) is 0 Å². The van der Waals surface area contributed by atoms with Gasteiger partial charge in [-0.15, -0.1) is 4.40 Å². The highest BCUT2D eigenvalue weighted by atomic mass is 32.2. The van der Waals surface area contributed by atoms with Gasteiger partial charge in [0.25, 0.3) is 10.0 Å². The second kappa shape index (κ2) is 7.24. The molecule has 3 heterocycles. The first-order valence-electron chi connectivity index (χ1n) is 9.78. The highest BCUT2D eigenvalue weighted by Gasteiger charge is 2.32. The summed E-state index contributed by atoms with van der Waals surface area (Å²) >= 11 is 0. The number of oxazole rings is 1. The monoisotopic (exact) mass is 425 g/mol. The molecule has 0 radical (unpaired) electrons. The van der Waals surface area contributed by atoms with Crippen LogP contribution in [-0.2, 0) is 21.4 Å². The molecular formula is C21H19N3O5S. The van der Waals surface area contributed by atoms with Crippen LogP contribution in [0, 0.1) is 0 Å². The molecule has 30 heavy (non-hydrogen) atoms. The summed E-state index contributed by atoms with van der Waals surface area (Å²) in [5.41, 5.74) is 1.99. The van der Waals surface area contributed by atoms with Gasteiger partial charge >= 0.3 is 5.97 Å². The number of fused-ring (bicyclic) bond motifs is 4. The Bertz CT molecular complexity index is 1250. The smallest absolute Gasteiger partial charge is 0.338 e. The molecule has 0 unspecified atom stereocenters. The second-order valence-electron chi connectivity index (χ2n) is 7.28. The average Bonchev–Trinajstić information content (AvgIpc) is 3.02. The minimum atomic E-state index is -3.86. The van der Waals surface area contributed by atoms with Crippen molar-refractivity contribution in [1.82, 2.24) is 4.98 Å². The van der Waals surface area contributed by atoms with Gasteiger partial charge in [-0.3, -0.25) is 0 Å². The molecule has 154 valence electrons. The van der Waals surface area contributed by atoms with Gasteiger partial charge in [-0.05, 0) is 43.2 Å². The summed E-state index contributed by atoms with van der Waals surface area (Å²) in [6.45, 7) is 0.564. The maximum Gasteiger partial charge on any atom is 0.338 e. The highest BCUT2D eigenvalue weighted by Crippen LogP contribution is 2.35. The number of rotatable bonds is 3. The normalized spacial score (nSPS) is 17.6. The number of aromatic nitrogens is 1. The molecule has 1 fully saturated rings. The third-order valence-electron chi connectivity index (χ3n) is 5.25. The van der Waals surface area contributed by atoms with Crippen molar-refractivity contribution < 1.29 is 22.4 Å². The molecule has 2 aliphatic rings. The molecule has 5 rings (SSSR count). The van der Waals surface area contributed by atoms with Crippen molar-refractivity contribution in [2.45, 2.75) is 37.2 Å².